The van der Waals surface area contributed by atoms with Gasteiger partial charge in [0.1, 0.15) is 17.8 Å². The van der Waals surface area contributed by atoms with Crippen LogP contribution < -0.4 is 10.6 Å². The van der Waals surface area contributed by atoms with Crippen molar-refractivity contribution in [3.05, 3.63) is 47.4 Å². The Bertz CT molecular complexity index is 775. The standard InChI is InChI=1S/C20H27N5O2/c1-3-16-6-4-5-15(2)19(16)24-18-13-17(22-14-23-18)20(26)21-7-8-25-9-11-27-12-10-25/h4-6,13-14H,3,7-12H2,1-2H3,(H,21,26)(H,22,23,24). The Morgan fingerprint density at radius 3 is 2.85 bits per heavy atom. The second-order valence-electron chi connectivity index (χ2n) is 6.59. The van der Waals surface area contributed by atoms with E-state index in [2.05, 4.69) is 51.5 Å². The predicted octanol–water partition coefficient (Wildman–Crippen LogP) is 2.15. The molecule has 1 aromatic heterocycles. The minimum Gasteiger partial charge on any atom is -0.379 e. The molecule has 2 heterocycles. The van der Waals surface area contributed by atoms with Gasteiger partial charge in [-0.1, -0.05) is 25.1 Å². The van der Waals surface area contributed by atoms with Crippen molar-refractivity contribution in [3.8, 4) is 0 Å². The second-order valence-corrected chi connectivity index (χ2v) is 6.59. The summed E-state index contributed by atoms with van der Waals surface area (Å²) in [5.41, 5.74) is 3.76. The number of nitrogens with zero attached hydrogens (tertiary/aromatic N) is 3. The predicted molar refractivity (Wildman–Crippen MR) is 105 cm³/mol. The molecule has 0 atom stereocenters. The van der Waals surface area contributed by atoms with Crippen LogP contribution in [0.2, 0.25) is 0 Å². The second kappa shape index (κ2) is 9.43. The Labute approximate surface area is 160 Å². The van der Waals surface area contributed by atoms with E-state index in [-0.39, 0.29) is 5.91 Å². The lowest BCUT2D eigenvalue weighted by Crippen LogP contribution is -2.41. The summed E-state index contributed by atoms with van der Waals surface area (Å²) in [5.74, 6) is 0.432. The van der Waals surface area contributed by atoms with Gasteiger partial charge in [-0.2, -0.15) is 0 Å². The normalized spacial score (nSPS) is 14.7. The first-order chi connectivity index (χ1) is 13.2. The highest BCUT2D eigenvalue weighted by atomic mass is 16.5. The highest BCUT2D eigenvalue weighted by molar-refractivity contribution is 5.93. The molecule has 0 bridgehead atoms. The SMILES string of the molecule is CCc1cccc(C)c1Nc1cc(C(=O)NCCN2CCOCC2)ncn1. The van der Waals surface area contributed by atoms with Crippen LogP contribution in [-0.2, 0) is 11.2 Å². The number of morpholine rings is 1. The van der Waals surface area contributed by atoms with E-state index >= 15 is 0 Å². The number of rotatable bonds is 7. The molecule has 27 heavy (non-hydrogen) atoms. The topological polar surface area (TPSA) is 79.4 Å². The molecule has 1 saturated heterocycles. The lowest BCUT2D eigenvalue weighted by Gasteiger charge is -2.26. The minimum atomic E-state index is -0.186. The maximum atomic E-state index is 12.4. The fraction of sp³-hybridized carbons (Fsp3) is 0.450. The molecule has 0 aliphatic carbocycles. The van der Waals surface area contributed by atoms with Gasteiger partial charge < -0.3 is 15.4 Å². The summed E-state index contributed by atoms with van der Waals surface area (Å²) in [7, 11) is 0. The molecule has 0 spiro atoms. The van der Waals surface area contributed by atoms with E-state index in [1.54, 1.807) is 6.07 Å². The maximum Gasteiger partial charge on any atom is 0.270 e. The number of hydrogen-bond donors (Lipinski definition) is 2. The molecule has 1 amide bonds. The molecule has 1 fully saturated rings. The molecule has 2 aromatic rings. The fourth-order valence-corrected chi connectivity index (χ4v) is 3.12. The first-order valence-electron chi connectivity index (χ1n) is 9.43. The van der Waals surface area contributed by atoms with Crippen LogP contribution in [0.1, 0.15) is 28.5 Å². The maximum absolute atomic E-state index is 12.4. The zero-order chi connectivity index (χ0) is 19.1. The summed E-state index contributed by atoms with van der Waals surface area (Å²) in [6.45, 7) is 8.91. The van der Waals surface area contributed by atoms with Gasteiger partial charge in [0.25, 0.3) is 5.91 Å². The van der Waals surface area contributed by atoms with Crippen molar-refractivity contribution in [1.82, 2.24) is 20.2 Å². The molecular formula is C20H27N5O2. The third kappa shape index (κ3) is 5.24. The van der Waals surface area contributed by atoms with Crippen LogP contribution in [0.25, 0.3) is 0 Å². The number of aryl methyl sites for hydroxylation is 2. The van der Waals surface area contributed by atoms with Crippen LogP contribution in [0.15, 0.2) is 30.6 Å². The van der Waals surface area contributed by atoms with Gasteiger partial charge in [0.05, 0.1) is 13.2 Å². The Hall–Kier alpha value is -2.51. The largest absolute Gasteiger partial charge is 0.379 e. The summed E-state index contributed by atoms with van der Waals surface area (Å²) in [6.07, 6.45) is 2.34. The number of anilines is 2. The summed E-state index contributed by atoms with van der Waals surface area (Å²) >= 11 is 0. The van der Waals surface area contributed by atoms with Crippen molar-refractivity contribution in [1.29, 1.82) is 0 Å². The van der Waals surface area contributed by atoms with E-state index in [0.717, 1.165) is 50.5 Å². The van der Waals surface area contributed by atoms with E-state index in [4.69, 9.17) is 4.74 Å². The van der Waals surface area contributed by atoms with Gasteiger partial charge >= 0.3 is 0 Å². The van der Waals surface area contributed by atoms with Crippen LogP contribution in [0.5, 0.6) is 0 Å². The summed E-state index contributed by atoms with van der Waals surface area (Å²) in [5, 5.41) is 6.27. The average molecular weight is 369 g/mol. The number of carbonyl (C=O) groups excluding carboxylic acids is 1. The zero-order valence-corrected chi connectivity index (χ0v) is 16.0. The van der Waals surface area contributed by atoms with E-state index in [0.29, 0.717) is 18.1 Å². The third-order valence-corrected chi connectivity index (χ3v) is 4.71. The number of para-hydroxylation sites is 1. The fourth-order valence-electron chi connectivity index (χ4n) is 3.12. The molecule has 0 unspecified atom stereocenters. The van der Waals surface area contributed by atoms with Crippen molar-refractivity contribution in [3.63, 3.8) is 0 Å². The third-order valence-electron chi connectivity index (χ3n) is 4.71. The molecule has 7 heteroatoms. The van der Waals surface area contributed by atoms with Gasteiger partial charge in [-0.15, -0.1) is 0 Å². The van der Waals surface area contributed by atoms with Gasteiger partial charge in [0, 0.05) is 37.9 Å². The van der Waals surface area contributed by atoms with Crippen LogP contribution >= 0.6 is 0 Å². The Kier molecular flexibility index (Phi) is 6.73. The smallest absolute Gasteiger partial charge is 0.270 e. The van der Waals surface area contributed by atoms with Gasteiger partial charge in [0.15, 0.2) is 0 Å². The lowest BCUT2D eigenvalue weighted by molar-refractivity contribution is 0.0383. The molecule has 0 radical (unpaired) electrons. The Morgan fingerprint density at radius 1 is 1.26 bits per heavy atom. The van der Waals surface area contributed by atoms with Gasteiger partial charge in [0.2, 0.25) is 0 Å². The summed E-state index contributed by atoms with van der Waals surface area (Å²) in [6, 6.07) is 7.89. The molecular weight excluding hydrogens is 342 g/mol. The number of aromatic nitrogens is 2. The summed E-state index contributed by atoms with van der Waals surface area (Å²) < 4.78 is 5.33. The molecule has 7 nitrogen and oxygen atoms in total. The molecule has 3 rings (SSSR count). The van der Waals surface area contributed by atoms with Gasteiger partial charge in [-0.05, 0) is 24.5 Å². The number of nitrogens with one attached hydrogen (secondary N) is 2. The summed E-state index contributed by atoms with van der Waals surface area (Å²) in [4.78, 5) is 23.1. The average Bonchev–Trinajstić information content (AvgIpc) is 2.70. The van der Waals surface area contributed by atoms with E-state index < -0.39 is 0 Å². The minimum absolute atomic E-state index is 0.186. The van der Waals surface area contributed by atoms with Crippen LogP contribution in [-0.4, -0.2) is 60.2 Å². The lowest BCUT2D eigenvalue weighted by atomic mass is 10.1. The molecule has 1 aromatic carbocycles. The van der Waals surface area contributed by atoms with Crippen LogP contribution in [0.3, 0.4) is 0 Å². The van der Waals surface area contributed by atoms with Crippen molar-refractivity contribution in [2.75, 3.05) is 44.7 Å². The molecule has 1 aliphatic heterocycles. The molecule has 2 N–H and O–H groups in total. The number of benzene rings is 1. The van der Waals surface area contributed by atoms with Crippen LogP contribution in [0, 0.1) is 6.92 Å². The van der Waals surface area contributed by atoms with Crippen molar-refractivity contribution in [2.24, 2.45) is 0 Å². The number of carbonyl (C=O) groups is 1. The van der Waals surface area contributed by atoms with E-state index in [9.17, 15) is 4.79 Å². The Balaban J connectivity index is 1.60. The van der Waals surface area contributed by atoms with Crippen molar-refractivity contribution >= 4 is 17.4 Å². The molecule has 144 valence electrons. The van der Waals surface area contributed by atoms with Crippen LogP contribution in [0.4, 0.5) is 11.5 Å². The van der Waals surface area contributed by atoms with Gasteiger partial charge in [-0.3, -0.25) is 9.69 Å². The van der Waals surface area contributed by atoms with E-state index in [1.165, 1.54) is 11.9 Å². The Morgan fingerprint density at radius 2 is 2.07 bits per heavy atom. The quantitative estimate of drug-likeness (QED) is 0.779. The van der Waals surface area contributed by atoms with E-state index in [1.807, 2.05) is 6.07 Å². The number of amides is 1. The highest BCUT2D eigenvalue weighted by Crippen LogP contribution is 2.24. The zero-order valence-electron chi connectivity index (χ0n) is 16.0. The van der Waals surface area contributed by atoms with Crippen molar-refractivity contribution < 1.29 is 9.53 Å². The number of hydrogen-bond acceptors (Lipinski definition) is 6. The first kappa shape index (κ1) is 19.3. The van der Waals surface area contributed by atoms with Gasteiger partial charge in [-0.25, -0.2) is 9.97 Å². The highest BCUT2D eigenvalue weighted by Gasteiger charge is 2.13. The number of ether oxygens (including phenoxy) is 1. The molecule has 1 aliphatic rings. The monoisotopic (exact) mass is 369 g/mol. The first-order valence-corrected chi connectivity index (χ1v) is 9.43. The molecule has 0 saturated carbocycles. The van der Waals surface area contributed by atoms with Crippen molar-refractivity contribution in [2.45, 2.75) is 20.3 Å².